The summed E-state index contributed by atoms with van der Waals surface area (Å²) in [6.07, 6.45) is 1.16. The van der Waals surface area contributed by atoms with Gasteiger partial charge in [-0.25, -0.2) is 13.4 Å². The number of aromatic amines is 1. The number of rotatable bonds is 2. The van der Waals surface area contributed by atoms with Gasteiger partial charge in [0.1, 0.15) is 0 Å². The van der Waals surface area contributed by atoms with Crippen LogP contribution in [0.3, 0.4) is 0 Å². The molecule has 0 saturated heterocycles. The highest BCUT2D eigenvalue weighted by Crippen LogP contribution is 2.22. The predicted octanol–water partition coefficient (Wildman–Crippen LogP) is 1.61. The SMILES string of the molecule is CS(=O)(=O)Sc1nc2ccccc2[nH]1. The molecule has 0 amide bonds. The van der Waals surface area contributed by atoms with Crippen molar-refractivity contribution in [3.63, 3.8) is 0 Å². The second kappa shape index (κ2) is 3.29. The molecule has 0 unspecified atom stereocenters. The summed E-state index contributed by atoms with van der Waals surface area (Å²) < 4.78 is 22.0. The van der Waals surface area contributed by atoms with Gasteiger partial charge in [0.05, 0.1) is 11.0 Å². The molecular weight excluding hydrogens is 220 g/mol. The molecule has 1 aromatic carbocycles. The highest BCUT2D eigenvalue weighted by atomic mass is 33.1. The maximum Gasteiger partial charge on any atom is 0.206 e. The van der Waals surface area contributed by atoms with Crippen LogP contribution >= 0.6 is 10.8 Å². The third-order valence-electron chi connectivity index (χ3n) is 1.60. The van der Waals surface area contributed by atoms with E-state index in [2.05, 4.69) is 9.97 Å². The molecule has 0 saturated carbocycles. The minimum Gasteiger partial charge on any atom is -0.332 e. The first-order valence-electron chi connectivity index (χ1n) is 3.89. The minimum atomic E-state index is -3.10. The number of H-pyrrole nitrogens is 1. The van der Waals surface area contributed by atoms with Gasteiger partial charge in [0.2, 0.25) is 8.87 Å². The summed E-state index contributed by atoms with van der Waals surface area (Å²) in [5, 5.41) is 0.411. The summed E-state index contributed by atoms with van der Waals surface area (Å²) in [5.74, 6) is 0. The molecule has 4 nitrogen and oxygen atoms in total. The van der Waals surface area contributed by atoms with Gasteiger partial charge in [-0.2, -0.15) is 0 Å². The van der Waals surface area contributed by atoms with Crippen LogP contribution in [-0.4, -0.2) is 24.6 Å². The Morgan fingerprint density at radius 2 is 2.07 bits per heavy atom. The Bertz CT molecular complexity index is 526. The number of imidazole rings is 1. The van der Waals surface area contributed by atoms with Crippen LogP contribution < -0.4 is 0 Å². The molecule has 1 N–H and O–H groups in total. The molecule has 0 bridgehead atoms. The van der Waals surface area contributed by atoms with Crippen molar-refractivity contribution >= 4 is 30.7 Å². The Morgan fingerprint density at radius 1 is 1.36 bits per heavy atom. The first-order valence-corrected chi connectivity index (χ1v) is 7.11. The molecule has 1 heterocycles. The van der Waals surface area contributed by atoms with E-state index in [4.69, 9.17) is 0 Å². The van der Waals surface area contributed by atoms with Crippen LogP contribution in [0.4, 0.5) is 0 Å². The summed E-state index contributed by atoms with van der Waals surface area (Å²) in [7, 11) is -2.37. The van der Waals surface area contributed by atoms with Crippen LogP contribution in [0.1, 0.15) is 0 Å². The summed E-state index contributed by atoms with van der Waals surface area (Å²) in [6, 6.07) is 7.42. The van der Waals surface area contributed by atoms with Crippen molar-refractivity contribution in [2.75, 3.05) is 6.26 Å². The van der Waals surface area contributed by atoms with E-state index in [1.54, 1.807) is 0 Å². The number of nitrogens with one attached hydrogen (secondary N) is 1. The molecule has 0 aliphatic rings. The van der Waals surface area contributed by atoms with Crippen LogP contribution in [0, 0.1) is 0 Å². The fourth-order valence-electron chi connectivity index (χ4n) is 1.11. The van der Waals surface area contributed by atoms with E-state index in [1.807, 2.05) is 24.3 Å². The standard InChI is InChI=1S/C8H8N2O2S2/c1-14(11,12)13-8-9-6-4-2-3-5-7(6)10-8/h2-5H,1H3,(H,9,10). The average molecular weight is 228 g/mol. The molecule has 74 valence electrons. The Hall–Kier alpha value is -1.01. The number of hydrogen-bond donors (Lipinski definition) is 1. The fraction of sp³-hybridized carbons (Fsp3) is 0.125. The van der Waals surface area contributed by atoms with Crippen molar-refractivity contribution in [3.8, 4) is 0 Å². The van der Waals surface area contributed by atoms with Gasteiger partial charge in [0.15, 0.2) is 5.16 Å². The number of fused-ring (bicyclic) bond motifs is 1. The van der Waals surface area contributed by atoms with Gasteiger partial charge in [0.25, 0.3) is 0 Å². The van der Waals surface area contributed by atoms with E-state index in [-0.39, 0.29) is 0 Å². The van der Waals surface area contributed by atoms with Crippen molar-refractivity contribution < 1.29 is 8.42 Å². The molecule has 0 radical (unpaired) electrons. The van der Waals surface area contributed by atoms with Crippen molar-refractivity contribution in [2.45, 2.75) is 5.16 Å². The largest absolute Gasteiger partial charge is 0.332 e. The van der Waals surface area contributed by atoms with Crippen LogP contribution in [-0.2, 0) is 8.87 Å². The summed E-state index contributed by atoms with van der Waals surface area (Å²) in [6.45, 7) is 0. The second-order valence-electron chi connectivity index (χ2n) is 2.85. The number of aromatic nitrogens is 2. The lowest BCUT2D eigenvalue weighted by molar-refractivity contribution is 0.615. The number of hydrogen-bond acceptors (Lipinski definition) is 4. The van der Waals surface area contributed by atoms with Gasteiger partial charge >= 0.3 is 0 Å². The third-order valence-corrected chi connectivity index (χ3v) is 3.63. The topological polar surface area (TPSA) is 62.8 Å². The Balaban J connectivity index is 2.46. The highest BCUT2D eigenvalue weighted by Gasteiger charge is 2.09. The van der Waals surface area contributed by atoms with Crippen molar-refractivity contribution in [1.29, 1.82) is 0 Å². The highest BCUT2D eigenvalue weighted by molar-refractivity contribution is 8.71. The van der Waals surface area contributed by atoms with E-state index in [1.165, 1.54) is 0 Å². The zero-order chi connectivity index (χ0) is 10.2. The van der Waals surface area contributed by atoms with Crippen molar-refractivity contribution in [1.82, 2.24) is 9.97 Å². The minimum absolute atomic E-state index is 0.411. The van der Waals surface area contributed by atoms with Gasteiger partial charge in [0, 0.05) is 17.0 Å². The molecule has 0 atom stereocenters. The van der Waals surface area contributed by atoms with Crippen LogP contribution in [0.5, 0.6) is 0 Å². The van der Waals surface area contributed by atoms with Gasteiger partial charge < -0.3 is 4.98 Å². The lowest BCUT2D eigenvalue weighted by atomic mass is 10.3. The van der Waals surface area contributed by atoms with E-state index >= 15 is 0 Å². The number of nitrogens with zero attached hydrogens (tertiary/aromatic N) is 1. The summed E-state index contributed by atoms with van der Waals surface area (Å²) in [4.78, 5) is 7.05. The van der Waals surface area contributed by atoms with Gasteiger partial charge in [-0.3, -0.25) is 0 Å². The average Bonchev–Trinajstić information content (AvgIpc) is 2.42. The van der Waals surface area contributed by atoms with Gasteiger partial charge in [-0.05, 0) is 12.1 Å². The molecule has 2 aromatic rings. The van der Waals surface area contributed by atoms with E-state index < -0.39 is 8.87 Å². The lowest BCUT2D eigenvalue weighted by Gasteiger charge is -1.89. The van der Waals surface area contributed by atoms with Gasteiger partial charge in [-0.1, -0.05) is 12.1 Å². The van der Waals surface area contributed by atoms with Crippen molar-refractivity contribution in [3.05, 3.63) is 24.3 Å². The zero-order valence-corrected chi connectivity index (χ0v) is 9.02. The molecule has 6 heteroatoms. The summed E-state index contributed by atoms with van der Waals surface area (Å²) in [5.41, 5.74) is 1.62. The molecule has 0 spiro atoms. The molecule has 2 rings (SSSR count). The van der Waals surface area contributed by atoms with Crippen LogP contribution in [0.2, 0.25) is 0 Å². The normalized spacial score (nSPS) is 12.1. The number of para-hydroxylation sites is 2. The Labute approximate surface area is 85.1 Å². The van der Waals surface area contributed by atoms with Crippen LogP contribution in [0.15, 0.2) is 29.4 Å². The third kappa shape index (κ3) is 2.08. The van der Waals surface area contributed by atoms with Gasteiger partial charge in [-0.15, -0.1) is 0 Å². The molecule has 1 aromatic heterocycles. The molecular formula is C8H8N2O2S2. The smallest absolute Gasteiger partial charge is 0.206 e. The summed E-state index contributed by atoms with van der Waals surface area (Å²) >= 11 is 0. The monoisotopic (exact) mass is 228 g/mol. The van der Waals surface area contributed by atoms with E-state index in [0.29, 0.717) is 5.16 Å². The predicted molar refractivity (Wildman–Crippen MR) is 56.8 cm³/mol. The zero-order valence-electron chi connectivity index (χ0n) is 7.39. The Morgan fingerprint density at radius 3 is 2.71 bits per heavy atom. The maximum absolute atomic E-state index is 11.0. The number of benzene rings is 1. The quantitative estimate of drug-likeness (QED) is 0.793. The van der Waals surface area contributed by atoms with Crippen LogP contribution in [0.25, 0.3) is 11.0 Å². The lowest BCUT2D eigenvalue weighted by Crippen LogP contribution is -1.88. The first kappa shape index (κ1) is 9.54. The van der Waals surface area contributed by atoms with E-state index in [9.17, 15) is 8.42 Å². The molecule has 0 aliphatic carbocycles. The molecule has 14 heavy (non-hydrogen) atoms. The molecule has 0 fully saturated rings. The van der Waals surface area contributed by atoms with Crippen molar-refractivity contribution in [2.24, 2.45) is 0 Å². The Kier molecular flexibility index (Phi) is 2.24. The maximum atomic E-state index is 11.0. The molecule has 0 aliphatic heterocycles. The first-order chi connectivity index (χ1) is 6.54. The fourth-order valence-corrected chi connectivity index (χ4v) is 2.78. The van der Waals surface area contributed by atoms with E-state index in [0.717, 1.165) is 28.1 Å². The second-order valence-corrected chi connectivity index (χ2v) is 7.12.